The lowest BCUT2D eigenvalue weighted by molar-refractivity contribution is -0.117. The Morgan fingerprint density at radius 3 is 2.36 bits per heavy atom. The molecule has 7 heteroatoms. The van der Waals surface area contributed by atoms with Crippen molar-refractivity contribution in [3.05, 3.63) is 36.4 Å². The molecule has 1 aliphatic heterocycles. The average Bonchev–Trinajstić information content (AvgIpc) is 2.72. The smallest absolute Gasteiger partial charge is 0.330 e. The summed E-state index contributed by atoms with van der Waals surface area (Å²) < 4.78 is 5.40. The Morgan fingerprint density at radius 2 is 1.91 bits per heavy atom. The van der Waals surface area contributed by atoms with Crippen LogP contribution in [-0.2, 0) is 14.2 Å². The number of rotatable bonds is 5. The topological polar surface area (TPSA) is 58.6 Å². The van der Waals surface area contributed by atoms with Gasteiger partial charge in [0, 0.05) is 4.75 Å². The summed E-state index contributed by atoms with van der Waals surface area (Å²) in [5, 5.41) is 1.18. The zero-order chi connectivity index (χ0) is 16.5. The maximum Gasteiger partial charge on any atom is 0.330 e. The van der Waals surface area contributed by atoms with E-state index in [-0.39, 0.29) is 16.4 Å². The number of hydrazine groups is 1. The van der Waals surface area contributed by atoms with E-state index >= 15 is 0 Å². The summed E-state index contributed by atoms with van der Waals surface area (Å²) in [7, 11) is 1.65. The van der Waals surface area contributed by atoms with Crippen molar-refractivity contribution >= 4 is 43.1 Å². The van der Waals surface area contributed by atoms with Crippen LogP contribution in [0, 0.1) is 0 Å². The minimum Gasteiger partial charge on any atom is -0.430 e. The van der Waals surface area contributed by atoms with E-state index in [0.717, 1.165) is 5.46 Å². The van der Waals surface area contributed by atoms with Gasteiger partial charge in [0.2, 0.25) is 0 Å². The predicted octanol–water partition coefficient (Wildman–Crippen LogP) is 0.979. The van der Waals surface area contributed by atoms with Crippen LogP contribution >= 0.6 is 12.6 Å². The molecule has 1 fully saturated rings. The van der Waals surface area contributed by atoms with Gasteiger partial charge in [0.05, 0.1) is 11.8 Å². The molecule has 1 atom stereocenters. The lowest BCUT2D eigenvalue weighted by Crippen LogP contribution is -2.36. The molecule has 0 aliphatic carbocycles. The molecule has 0 aromatic heterocycles. The second kappa shape index (κ2) is 6.18. The normalized spacial score (nSPS) is 16.7. The van der Waals surface area contributed by atoms with Crippen LogP contribution in [0.25, 0.3) is 0 Å². The molecule has 1 aromatic carbocycles. The fraction of sp³-hybridized carbons (Fsp3) is 0.333. The van der Waals surface area contributed by atoms with Crippen molar-refractivity contribution in [3.63, 3.8) is 0 Å². The first-order valence-corrected chi connectivity index (χ1v) is 7.30. The first kappa shape index (κ1) is 16.6. The molecule has 5 nitrogen and oxygen atoms in total. The Morgan fingerprint density at radius 1 is 1.32 bits per heavy atom. The summed E-state index contributed by atoms with van der Waals surface area (Å²) in [6.07, 6.45) is -0.0571. The number of carbonyl (C=O) groups excluding carboxylic acids is 2. The fourth-order valence-electron chi connectivity index (χ4n) is 1.68. The summed E-state index contributed by atoms with van der Waals surface area (Å²) in [6.45, 7) is 9.35. The summed E-state index contributed by atoms with van der Waals surface area (Å²) in [6, 6.07) is 7.05. The van der Waals surface area contributed by atoms with Crippen LogP contribution in [0.5, 0.6) is 0 Å². The number of benzene rings is 1. The van der Waals surface area contributed by atoms with E-state index in [9.17, 15) is 9.59 Å². The first-order chi connectivity index (χ1) is 10.2. The van der Waals surface area contributed by atoms with Gasteiger partial charge in [-0.2, -0.15) is 12.6 Å². The van der Waals surface area contributed by atoms with Crippen LogP contribution in [0.1, 0.15) is 20.8 Å². The summed E-state index contributed by atoms with van der Waals surface area (Å²) in [5.74, 6) is -0.919. The van der Waals surface area contributed by atoms with Crippen molar-refractivity contribution < 1.29 is 14.2 Å². The van der Waals surface area contributed by atoms with Gasteiger partial charge < -0.3 is 4.65 Å². The van der Waals surface area contributed by atoms with Crippen molar-refractivity contribution in [3.8, 4) is 0 Å². The Bertz CT molecular complexity index is 610. The van der Waals surface area contributed by atoms with E-state index in [2.05, 4.69) is 24.6 Å². The van der Waals surface area contributed by atoms with Gasteiger partial charge in [-0.3, -0.25) is 15.0 Å². The quantitative estimate of drug-likeness (QED) is 0.368. The van der Waals surface area contributed by atoms with Crippen LogP contribution in [-0.4, -0.2) is 30.1 Å². The Labute approximate surface area is 136 Å². The lowest BCUT2D eigenvalue weighted by Gasteiger charge is -2.26. The molecule has 0 spiro atoms. The highest BCUT2D eigenvalue weighted by Gasteiger charge is 2.32. The minimum atomic E-state index is -0.478. The SMILES string of the molecule is C=C1C(=O)NN(c2ccc([B]OC(C)C(C)(C)S)cc2)C1=O. The highest BCUT2D eigenvalue weighted by Crippen LogP contribution is 2.20. The number of carbonyl (C=O) groups is 2. The molecule has 22 heavy (non-hydrogen) atoms. The zero-order valence-electron chi connectivity index (χ0n) is 12.8. The summed E-state index contributed by atoms with van der Waals surface area (Å²) >= 11 is 4.46. The highest BCUT2D eigenvalue weighted by molar-refractivity contribution is 7.81. The van der Waals surface area contributed by atoms with Gasteiger partial charge in [-0.1, -0.05) is 24.2 Å². The van der Waals surface area contributed by atoms with Crippen molar-refractivity contribution in [2.75, 3.05) is 5.01 Å². The van der Waals surface area contributed by atoms with Crippen molar-refractivity contribution in [1.82, 2.24) is 5.43 Å². The standard InChI is InChI=1S/C15H18BN2O3S/c1-9-13(19)17-18(14(9)20)12-7-5-11(6-8-12)16-21-10(2)15(3,4)22/h5-8,10,22H,1H2,2-4H3,(H,17,19). The fourth-order valence-corrected chi connectivity index (χ4v) is 1.74. The molecular weight excluding hydrogens is 299 g/mol. The van der Waals surface area contributed by atoms with Crippen LogP contribution < -0.4 is 15.9 Å². The zero-order valence-corrected chi connectivity index (χ0v) is 13.7. The van der Waals surface area contributed by atoms with Crippen molar-refractivity contribution in [2.45, 2.75) is 31.6 Å². The van der Waals surface area contributed by atoms with Crippen molar-refractivity contribution in [1.29, 1.82) is 0 Å². The Balaban J connectivity index is 2.01. The molecule has 0 bridgehead atoms. The van der Waals surface area contributed by atoms with E-state index in [1.54, 1.807) is 31.7 Å². The van der Waals surface area contributed by atoms with E-state index in [4.69, 9.17) is 4.65 Å². The van der Waals surface area contributed by atoms with E-state index in [1.165, 1.54) is 5.01 Å². The molecule has 1 heterocycles. The minimum absolute atomic E-state index is 0.0571. The third kappa shape index (κ3) is 3.54. The molecule has 1 radical (unpaired) electrons. The molecule has 1 aromatic rings. The maximum atomic E-state index is 11.8. The van der Waals surface area contributed by atoms with E-state index in [1.807, 2.05) is 20.8 Å². The predicted molar refractivity (Wildman–Crippen MR) is 90.2 cm³/mol. The number of amides is 2. The number of thiol groups is 1. The van der Waals surface area contributed by atoms with Crippen LogP contribution in [0.15, 0.2) is 36.4 Å². The van der Waals surface area contributed by atoms with Gasteiger partial charge in [0.1, 0.15) is 5.57 Å². The number of nitrogens with zero attached hydrogens (tertiary/aromatic N) is 1. The van der Waals surface area contributed by atoms with Gasteiger partial charge in [-0.05, 0) is 32.9 Å². The van der Waals surface area contributed by atoms with Gasteiger partial charge in [0.15, 0.2) is 0 Å². The van der Waals surface area contributed by atoms with E-state index < -0.39 is 11.8 Å². The molecule has 115 valence electrons. The molecule has 1 unspecified atom stereocenters. The first-order valence-electron chi connectivity index (χ1n) is 6.85. The van der Waals surface area contributed by atoms with Gasteiger partial charge in [0.25, 0.3) is 11.8 Å². The van der Waals surface area contributed by atoms with E-state index in [0.29, 0.717) is 5.69 Å². The second-order valence-electron chi connectivity index (χ2n) is 5.70. The number of hydrogen-bond acceptors (Lipinski definition) is 4. The molecular formula is C15H18BN2O3S. The molecule has 0 saturated carbocycles. The molecule has 1 aliphatic rings. The Hall–Kier alpha value is -1.73. The molecule has 2 rings (SSSR count). The van der Waals surface area contributed by atoms with Crippen LogP contribution in [0.4, 0.5) is 5.69 Å². The largest absolute Gasteiger partial charge is 0.430 e. The third-order valence-corrected chi connectivity index (χ3v) is 3.87. The monoisotopic (exact) mass is 317 g/mol. The van der Waals surface area contributed by atoms with Gasteiger partial charge >= 0.3 is 7.48 Å². The second-order valence-corrected chi connectivity index (χ2v) is 6.85. The third-order valence-electron chi connectivity index (χ3n) is 3.50. The van der Waals surface area contributed by atoms with Gasteiger partial charge in [-0.25, -0.2) is 5.01 Å². The van der Waals surface area contributed by atoms with Crippen LogP contribution in [0.2, 0.25) is 0 Å². The van der Waals surface area contributed by atoms with Crippen molar-refractivity contribution in [2.24, 2.45) is 0 Å². The maximum absolute atomic E-state index is 11.8. The number of hydrogen-bond donors (Lipinski definition) is 2. The molecule has 2 amide bonds. The highest BCUT2D eigenvalue weighted by atomic mass is 32.1. The summed E-state index contributed by atoms with van der Waals surface area (Å²) in [4.78, 5) is 23.2. The molecule has 1 saturated heterocycles. The summed E-state index contributed by atoms with van der Waals surface area (Å²) in [5.41, 5.74) is 3.81. The van der Waals surface area contributed by atoms with Gasteiger partial charge in [-0.15, -0.1) is 0 Å². The Kier molecular flexibility index (Phi) is 4.67. The number of nitrogens with one attached hydrogen (secondary N) is 1. The lowest BCUT2D eigenvalue weighted by atomic mass is 9.87. The number of anilines is 1. The molecule has 1 N–H and O–H groups in total. The van der Waals surface area contributed by atoms with Crippen LogP contribution in [0.3, 0.4) is 0 Å². The average molecular weight is 317 g/mol.